The number of hydrogen-bond acceptors (Lipinski definition) is 2. The van der Waals surface area contributed by atoms with E-state index in [9.17, 15) is 0 Å². The van der Waals surface area contributed by atoms with Crippen LogP contribution < -0.4 is 0 Å². The summed E-state index contributed by atoms with van der Waals surface area (Å²) in [6, 6.07) is 1.43. The van der Waals surface area contributed by atoms with Gasteiger partial charge in [-0.05, 0) is 47.2 Å². The fourth-order valence-corrected chi connectivity index (χ4v) is 1.99. The highest BCUT2D eigenvalue weighted by Gasteiger charge is 2.17. The van der Waals surface area contributed by atoms with Crippen LogP contribution in [0.2, 0.25) is 0 Å². The van der Waals surface area contributed by atoms with Crippen molar-refractivity contribution in [3.8, 4) is 0 Å². The molecule has 1 aliphatic heterocycles. The third kappa shape index (κ3) is 3.28. The molecule has 0 N–H and O–H groups in total. The van der Waals surface area contributed by atoms with Gasteiger partial charge in [0.2, 0.25) is 0 Å². The van der Waals surface area contributed by atoms with Crippen LogP contribution in [-0.2, 0) is 0 Å². The maximum Gasteiger partial charge on any atom is 0.0112 e. The molecule has 2 nitrogen and oxygen atoms in total. The lowest BCUT2D eigenvalue weighted by atomic mass is 10.3. The minimum absolute atomic E-state index is 0.715. The van der Waals surface area contributed by atoms with E-state index in [2.05, 4.69) is 37.5 Å². The summed E-state index contributed by atoms with van der Waals surface area (Å²) in [5.41, 5.74) is 0. The maximum absolute atomic E-state index is 2.59. The van der Waals surface area contributed by atoms with Gasteiger partial charge in [-0.3, -0.25) is 9.80 Å². The standard InChI is InChI=1S/C11H24N2/c1-10(2)12-6-5-7-13(9-8-12)11(3)4/h10-11H,5-9H2,1-4H3. The van der Waals surface area contributed by atoms with Crippen molar-refractivity contribution in [3.63, 3.8) is 0 Å². The fraction of sp³-hybridized carbons (Fsp3) is 1.00. The van der Waals surface area contributed by atoms with Gasteiger partial charge in [0.05, 0.1) is 0 Å². The van der Waals surface area contributed by atoms with Crippen LogP contribution in [0.3, 0.4) is 0 Å². The SMILES string of the molecule is CC(C)N1CCCN(C(C)C)CC1. The van der Waals surface area contributed by atoms with Gasteiger partial charge in [0.15, 0.2) is 0 Å². The van der Waals surface area contributed by atoms with E-state index in [4.69, 9.17) is 0 Å². The van der Waals surface area contributed by atoms with E-state index in [1.54, 1.807) is 0 Å². The highest BCUT2D eigenvalue weighted by molar-refractivity contribution is 4.73. The fourth-order valence-electron chi connectivity index (χ4n) is 1.99. The van der Waals surface area contributed by atoms with E-state index in [-0.39, 0.29) is 0 Å². The van der Waals surface area contributed by atoms with E-state index in [1.807, 2.05) is 0 Å². The quantitative estimate of drug-likeness (QED) is 0.646. The first-order chi connectivity index (χ1) is 6.11. The Morgan fingerprint density at radius 3 is 1.38 bits per heavy atom. The van der Waals surface area contributed by atoms with Crippen molar-refractivity contribution in [3.05, 3.63) is 0 Å². The lowest BCUT2D eigenvalue weighted by Gasteiger charge is -2.26. The van der Waals surface area contributed by atoms with Crippen LogP contribution in [0.1, 0.15) is 34.1 Å². The van der Waals surface area contributed by atoms with Gasteiger partial charge in [0.1, 0.15) is 0 Å². The highest BCUT2D eigenvalue weighted by Crippen LogP contribution is 2.08. The summed E-state index contributed by atoms with van der Waals surface area (Å²) in [5.74, 6) is 0. The molecule has 13 heavy (non-hydrogen) atoms. The molecule has 0 unspecified atom stereocenters. The molecule has 0 aromatic heterocycles. The Labute approximate surface area is 82.9 Å². The Balaban J connectivity index is 2.39. The summed E-state index contributed by atoms with van der Waals surface area (Å²) in [7, 11) is 0. The van der Waals surface area contributed by atoms with Crippen molar-refractivity contribution in [2.75, 3.05) is 26.2 Å². The highest BCUT2D eigenvalue weighted by atomic mass is 15.2. The molecule has 0 aromatic rings. The zero-order chi connectivity index (χ0) is 9.84. The Kier molecular flexibility index (Phi) is 4.20. The minimum Gasteiger partial charge on any atom is -0.300 e. The lowest BCUT2D eigenvalue weighted by molar-refractivity contribution is 0.202. The average molecular weight is 184 g/mol. The maximum atomic E-state index is 2.59. The smallest absolute Gasteiger partial charge is 0.0112 e. The molecule has 1 rings (SSSR count). The molecule has 0 bridgehead atoms. The topological polar surface area (TPSA) is 6.48 Å². The molecule has 0 radical (unpaired) electrons. The van der Waals surface area contributed by atoms with Gasteiger partial charge in [0, 0.05) is 25.2 Å². The third-order valence-corrected chi connectivity index (χ3v) is 3.03. The van der Waals surface area contributed by atoms with Gasteiger partial charge in [0.25, 0.3) is 0 Å². The van der Waals surface area contributed by atoms with Crippen LogP contribution >= 0.6 is 0 Å². The molecule has 1 heterocycles. The van der Waals surface area contributed by atoms with Crippen LogP contribution in [0.5, 0.6) is 0 Å². The van der Waals surface area contributed by atoms with Gasteiger partial charge >= 0.3 is 0 Å². The van der Waals surface area contributed by atoms with E-state index in [0.717, 1.165) is 0 Å². The molecule has 1 fully saturated rings. The van der Waals surface area contributed by atoms with Crippen molar-refractivity contribution in [2.45, 2.75) is 46.2 Å². The van der Waals surface area contributed by atoms with Crippen molar-refractivity contribution in [2.24, 2.45) is 0 Å². The van der Waals surface area contributed by atoms with Crippen LogP contribution in [0.15, 0.2) is 0 Å². The van der Waals surface area contributed by atoms with Crippen molar-refractivity contribution >= 4 is 0 Å². The van der Waals surface area contributed by atoms with E-state index >= 15 is 0 Å². The van der Waals surface area contributed by atoms with Crippen molar-refractivity contribution in [1.82, 2.24) is 9.80 Å². The van der Waals surface area contributed by atoms with Gasteiger partial charge < -0.3 is 0 Å². The summed E-state index contributed by atoms with van der Waals surface area (Å²) in [4.78, 5) is 5.17. The normalized spacial score (nSPS) is 22.6. The number of hydrogen-bond donors (Lipinski definition) is 0. The second-order valence-corrected chi connectivity index (χ2v) is 4.61. The minimum atomic E-state index is 0.715. The molecule has 0 atom stereocenters. The Hall–Kier alpha value is -0.0800. The monoisotopic (exact) mass is 184 g/mol. The molecule has 2 heteroatoms. The molecule has 1 aliphatic rings. The second kappa shape index (κ2) is 4.97. The summed E-state index contributed by atoms with van der Waals surface area (Å²) in [6.07, 6.45) is 1.33. The Bertz CT molecular complexity index is 127. The van der Waals surface area contributed by atoms with E-state index in [1.165, 1.54) is 32.6 Å². The first-order valence-corrected chi connectivity index (χ1v) is 5.59. The summed E-state index contributed by atoms with van der Waals surface area (Å²) >= 11 is 0. The zero-order valence-electron chi connectivity index (χ0n) is 9.58. The molecule has 0 aromatic carbocycles. The van der Waals surface area contributed by atoms with Crippen molar-refractivity contribution in [1.29, 1.82) is 0 Å². The number of rotatable bonds is 2. The van der Waals surface area contributed by atoms with Crippen LogP contribution in [0.4, 0.5) is 0 Å². The Morgan fingerprint density at radius 2 is 1.08 bits per heavy atom. The molecule has 0 aliphatic carbocycles. The molecule has 0 amide bonds. The Morgan fingerprint density at radius 1 is 0.692 bits per heavy atom. The molecule has 1 saturated heterocycles. The average Bonchev–Trinajstić information content (AvgIpc) is 2.27. The first-order valence-electron chi connectivity index (χ1n) is 5.59. The largest absolute Gasteiger partial charge is 0.300 e. The summed E-state index contributed by atoms with van der Waals surface area (Å²) in [5, 5.41) is 0. The van der Waals surface area contributed by atoms with Gasteiger partial charge in [-0.25, -0.2) is 0 Å². The van der Waals surface area contributed by atoms with Crippen LogP contribution in [0.25, 0.3) is 0 Å². The van der Waals surface area contributed by atoms with Gasteiger partial charge in [-0.2, -0.15) is 0 Å². The van der Waals surface area contributed by atoms with Crippen molar-refractivity contribution < 1.29 is 0 Å². The molecule has 0 spiro atoms. The summed E-state index contributed by atoms with van der Waals surface area (Å²) < 4.78 is 0. The van der Waals surface area contributed by atoms with E-state index in [0.29, 0.717) is 12.1 Å². The second-order valence-electron chi connectivity index (χ2n) is 4.61. The first kappa shape index (κ1) is 11.0. The van der Waals surface area contributed by atoms with E-state index < -0.39 is 0 Å². The molecular weight excluding hydrogens is 160 g/mol. The van der Waals surface area contributed by atoms with Gasteiger partial charge in [-0.15, -0.1) is 0 Å². The molecule has 78 valence electrons. The molecular formula is C11H24N2. The van der Waals surface area contributed by atoms with Crippen LogP contribution in [-0.4, -0.2) is 48.1 Å². The lowest BCUT2D eigenvalue weighted by Crippen LogP contribution is -2.37. The molecule has 0 saturated carbocycles. The predicted octanol–water partition coefficient (Wildman–Crippen LogP) is 1.81. The van der Waals surface area contributed by atoms with Crippen LogP contribution in [0, 0.1) is 0 Å². The zero-order valence-corrected chi connectivity index (χ0v) is 9.58. The predicted molar refractivity (Wildman–Crippen MR) is 58.0 cm³/mol. The summed E-state index contributed by atoms with van der Waals surface area (Å²) in [6.45, 7) is 14.2. The number of nitrogens with zero attached hydrogens (tertiary/aromatic N) is 2. The van der Waals surface area contributed by atoms with Gasteiger partial charge in [-0.1, -0.05) is 0 Å². The third-order valence-electron chi connectivity index (χ3n) is 3.03.